The molecule has 0 fully saturated rings. The van der Waals surface area contributed by atoms with E-state index in [4.69, 9.17) is 10.5 Å². The van der Waals surface area contributed by atoms with E-state index in [0.717, 1.165) is 5.56 Å². The summed E-state index contributed by atoms with van der Waals surface area (Å²) in [5.74, 6) is 0.677. The van der Waals surface area contributed by atoms with Crippen LogP contribution in [0.25, 0.3) is 0 Å². The molecule has 0 aliphatic rings. The van der Waals surface area contributed by atoms with Gasteiger partial charge in [0.15, 0.2) is 9.84 Å². The normalized spacial score (nSPS) is 12.6. The van der Waals surface area contributed by atoms with Gasteiger partial charge in [0.25, 0.3) is 0 Å². The van der Waals surface area contributed by atoms with Gasteiger partial charge in [-0.05, 0) is 51.0 Å². The smallest absolute Gasteiger partial charge is 0.196 e. The standard InChI is InChI=1S/C12H19NO3S/c1-8-7-11(9(2)6-10(8)16-5)17(14,15)12(3,4)13/h6-7H,13H2,1-5H3. The molecule has 2 N–H and O–H groups in total. The SMILES string of the molecule is COc1cc(C)c(S(=O)(=O)C(C)(C)N)cc1C. The molecular formula is C12H19NO3S. The minimum absolute atomic E-state index is 0.267. The summed E-state index contributed by atoms with van der Waals surface area (Å²) in [5.41, 5.74) is 7.14. The van der Waals surface area contributed by atoms with Crippen LogP contribution < -0.4 is 10.5 Å². The Morgan fingerprint density at radius 3 is 2.12 bits per heavy atom. The molecule has 0 saturated heterocycles. The second-order valence-electron chi connectivity index (χ2n) is 4.69. The van der Waals surface area contributed by atoms with Crippen molar-refractivity contribution >= 4 is 9.84 Å². The van der Waals surface area contributed by atoms with Crippen LogP contribution in [0.1, 0.15) is 25.0 Å². The largest absolute Gasteiger partial charge is 0.496 e. The lowest BCUT2D eigenvalue weighted by Gasteiger charge is -2.21. The highest BCUT2D eigenvalue weighted by atomic mass is 32.2. The molecule has 17 heavy (non-hydrogen) atoms. The molecule has 1 rings (SSSR count). The van der Waals surface area contributed by atoms with Gasteiger partial charge < -0.3 is 10.5 Å². The first-order chi connectivity index (χ1) is 7.61. The van der Waals surface area contributed by atoms with Gasteiger partial charge in [-0.2, -0.15) is 0 Å². The fourth-order valence-electron chi connectivity index (χ4n) is 1.56. The zero-order valence-electron chi connectivity index (χ0n) is 10.9. The fourth-order valence-corrected chi connectivity index (χ4v) is 2.94. The molecule has 0 aliphatic heterocycles. The first kappa shape index (κ1) is 14.0. The van der Waals surface area contributed by atoms with Crippen molar-refractivity contribution in [1.82, 2.24) is 0 Å². The second-order valence-corrected chi connectivity index (χ2v) is 7.19. The molecule has 4 nitrogen and oxygen atoms in total. The highest BCUT2D eigenvalue weighted by Gasteiger charge is 2.33. The van der Waals surface area contributed by atoms with Gasteiger partial charge in [0.1, 0.15) is 10.6 Å². The molecule has 1 aromatic rings. The lowest BCUT2D eigenvalue weighted by atomic mass is 10.1. The van der Waals surface area contributed by atoms with Crippen molar-refractivity contribution in [2.75, 3.05) is 7.11 Å². The van der Waals surface area contributed by atoms with E-state index < -0.39 is 14.7 Å². The Morgan fingerprint density at radius 1 is 1.18 bits per heavy atom. The third kappa shape index (κ3) is 2.45. The van der Waals surface area contributed by atoms with Gasteiger partial charge in [0, 0.05) is 0 Å². The van der Waals surface area contributed by atoms with Crippen LogP contribution in [0.2, 0.25) is 0 Å². The van der Waals surface area contributed by atoms with Crippen LogP contribution in [0, 0.1) is 13.8 Å². The number of sulfone groups is 1. The first-order valence-corrected chi connectivity index (χ1v) is 6.78. The Labute approximate surface area is 103 Å². The second kappa shape index (κ2) is 4.31. The van der Waals surface area contributed by atoms with Gasteiger partial charge in [0.05, 0.1) is 12.0 Å². The number of aryl methyl sites for hydroxylation is 2. The van der Waals surface area contributed by atoms with Crippen LogP contribution in [-0.4, -0.2) is 20.4 Å². The molecule has 0 saturated carbocycles. The summed E-state index contributed by atoms with van der Waals surface area (Å²) in [5, 5.41) is 0. The van der Waals surface area contributed by atoms with Crippen LogP contribution >= 0.6 is 0 Å². The van der Waals surface area contributed by atoms with Gasteiger partial charge in [-0.15, -0.1) is 0 Å². The van der Waals surface area contributed by atoms with Crippen molar-refractivity contribution in [3.63, 3.8) is 0 Å². The molecule has 0 aromatic heterocycles. The summed E-state index contributed by atoms with van der Waals surface area (Å²) in [6, 6.07) is 3.33. The van der Waals surface area contributed by atoms with Crippen molar-refractivity contribution in [3.8, 4) is 5.75 Å². The van der Waals surface area contributed by atoms with E-state index >= 15 is 0 Å². The third-order valence-electron chi connectivity index (χ3n) is 2.67. The molecule has 96 valence electrons. The predicted octanol–water partition coefficient (Wildman–Crippen LogP) is 1.78. The summed E-state index contributed by atoms with van der Waals surface area (Å²) in [4.78, 5) is -1.03. The zero-order chi connectivity index (χ0) is 13.4. The summed E-state index contributed by atoms with van der Waals surface area (Å²) < 4.78 is 29.7. The molecule has 0 unspecified atom stereocenters. The van der Waals surface area contributed by atoms with E-state index in [2.05, 4.69) is 0 Å². The maximum atomic E-state index is 12.3. The quantitative estimate of drug-likeness (QED) is 0.896. The van der Waals surface area contributed by atoms with E-state index in [9.17, 15) is 8.42 Å². The fraction of sp³-hybridized carbons (Fsp3) is 0.500. The Balaban J connectivity index is 3.50. The van der Waals surface area contributed by atoms with E-state index in [0.29, 0.717) is 11.3 Å². The van der Waals surface area contributed by atoms with Gasteiger partial charge in [-0.1, -0.05) is 0 Å². The van der Waals surface area contributed by atoms with E-state index in [1.54, 1.807) is 33.1 Å². The van der Waals surface area contributed by atoms with Crippen molar-refractivity contribution in [3.05, 3.63) is 23.3 Å². The maximum absolute atomic E-state index is 12.3. The van der Waals surface area contributed by atoms with Gasteiger partial charge in [0.2, 0.25) is 0 Å². The van der Waals surface area contributed by atoms with E-state index in [1.807, 2.05) is 0 Å². The van der Waals surface area contributed by atoms with Crippen LogP contribution in [-0.2, 0) is 9.84 Å². The van der Waals surface area contributed by atoms with Gasteiger partial charge in [-0.3, -0.25) is 0 Å². The van der Waals surface area contributed by atoms with Gasteiger partial charge >= 0.3 is 0 Å². The molecule has 0 atom stereocenters. The molecule has 5 heteroatoms. The van der Waals surface area contributed by atoms with Crippen molar-refractivity contribution in [1.29, 1.82) is 0 Å². The summed E-state index contributed by atoms with van der Waals surface area (Å²) in [6.45, 7) is 6.52. The number of ether oxygens (including phenoxy) is 1. The van der Waals surface area contributed by atoms with E-state index in [-0.39, 0.29) is 4.90 Å². The number of nitrogens with two attached hydrogens (primary N) is 1. The van der Waals surface area contributed by atoms with Crippen LogP contribution in [0.15, 0.2) is 17.0 Å². The van der Waals surface area contributed by atoms with Crippen molar-refractivity contribution in [2.45, 2.75) is 37.5 Å². The summed E-state index contributed by atoms with van der Waals surface area (Å²) in [6.07, 6.45) is 0. The number of hydrogen-bond donors (Lipinski definition) is 1. The minimum Gasteiger partial charge on any atom is -0.496 e. The van der Waals surface area contributed by atoms with Crippen LogP contribution in [0.4, 0.5) is 0 Å². The van der Waals surface area contributed by atoms with Crippen molar-refractivity contribution in [2.24, 2.45) is 5.73 Å². The lowest BCUT2D eigenvalue weighted by Crippen LogP contribution is -2.41. The maximum Gasteiger partial charge on any atom is 0.196 e. The minimum atomic E-state index is -3.53. The number of methoxy groups -OCH3 is 1. The van der Waals surface area contributed by atoms with Crippen LogP contribution in [0.3, 0.4) is 0 Å². The number of rotatable bonds is 3. The molecule has 0 aliphatic carbocycles. The molecule has 0 bridgehead atoms. The Bertz CT molecular complexity index is 527. The zero-order valence-corrected chi connectivity index (χ0v) is 11.7. The number of hydrogen-bond acceptors (Lipinski definition) is 4. The molecule has 0 spiro atoms. The van der Waals surface area contributed by atoms with Crippen LogP contribution in [0.5, 0.6) is 5.75 Å². The lowest BCUT2D eigenvalue weighted by molar-refractivity contribution is 0.411. The summed E-state index contributed by atoms with van der Waals surface area (Å²) in [7, 11) is -1.97. The first-order valence-electron chi connectivity index (χ1n) is 5.30. The average Bonchev–Trinajstić information content (AvgIpc) is 2.18. The third-order valence-corrected chi connectivity index (χ3v) is 5.08. The predicted molar refractivity (Wildman–Crippen MR) is 67.9 cm³/mol. The Hall–Kier alpha value is -1.07. The molecule has 0 heterocycles. The molecule has 0 radical (unpaired) electrons. The topological polar surface area (TPSA) is 69.4 Å². The molecular weight excluding hydrogens is 238 g/mol. The molecule has 1 aromatic carbocycles. The van der Waals surface area contributed by atoms with Crippen molar-refractivity contribution < 1.29 is 13.2 Å². The molecule has 0 amide bonds. The highest BCUT2D eigenvalue weighted by molar-refractivity contribution is 7.92. The number of benzene rings is 1. The van der Waals surface area contributed by atoms with Gasteiger partial charge in [-0.25, -0.2) is 8.42 Å². The Morgan fingerprint density at radius 2 is 1.71 bits per heavy atom. The highest BCUT2D eigenvalue weighted by Crippen LogP contribution is 2.29. The van der Waals surface area contributed by atoms with E-state index in [1.165, 1.54) is 13.8 Å². The summed E-state index contributed by atoms with van der Waals surface area (Å²) >= 11 is 0. The monoisotopic (exact) mass is 257 g/mol. The average molecular weight is 257 g/mol. The Kier molecular flexibility index (Phi) is 3.55.